The molecule has 0 aromatic rings. The summed E-state index contributed by atoms with van der Waals surface area (Å²) in [4.78, 5) is 2.51. The van der Waals surface area contributed by atoms with Crippen LogP contribution in [0.25, 0.3) is 0 Å². The molecule has 2 rings (SSSR count). The summed E-state index contributed by atoms with van der Waals surface area (Å²) in [6, 6.07) is 0.581. The zero-order valence-electron chi connectivity index (χ0n) is 10.1. The first-order valence-corrected chi connectivity index (χ1v) is 6.86. The lowest BCUT2D eigenvalue weighted by Gasteiger charge is -2.40. The summed E-state index contributed by atoms with van der Waals surface area (Å²) in [6.07, 6.45) is 8.02. The maximum atomic E-state index is 10.0. The Morgan fingerprint density at radius 1 is 1.06 bits per heavy atom. The molecule has 16 heavy (non-hydrogen) atoms. The largest absolute Gasteiger partial charge is 0.396 e. The molecular weight excluding hydrogens is 202 g/mol. The van der Waals surface area contributed by atoms with E-state index in [2.05, 4.69) is 4.90 Å². The Bertz CT molecular complexity index is 210. The maximum Gasteiger partial charge on any atom is 0.0583 e. The Kier molecular flexibility index (Phi) is 4.62. The van der Waals surface area contributed by atoms with Gasteiger partial charge in [0, 0.05) is 25.1 Å². The van der Waals surface area contributed by atoms with E-state index in [-0.39, 0.29) is 12.7 Å². The molecule has 2 N–H and O–H groups in total. The molecule has 0 radical (unpaired) electrons. The molecule has 1 heterocycles. The fraction of sp³-hybridized carbons (Fsp3) is 1.00. The summed E-state index contributed by atoms with van der Waals surface area (Å²) in [6.45, 7) is 2.45. The molecule has 1 saturated heterocycles. The third kappa shape index (κ3) is 2.76. The summed E-state index contributed by atoms with van der Waals surface area (Å²) in [5.74, 6) is 0.499. The maximum absolute atomic E-state index is 10.0. The molecule has 0 aromatic heterocycles. The molecule has 1 aliphatic carbocycles. The van der Waals surface area contributed by atoms with E-state index in [1.165, 1.54) is 32.1 Å². The van der Waals surface area contributed by atoms with E-state index < -0.39 is 0 Å². The first kappa shape index (κ1) is 12.3. The molecule has 1 saturated carbocycles. The van der Waals surface area contributed by atoms with Gasteiger partial charge >= 0.3 is 0 Å². The SMILES string of the molecule is OCCCN1CCCCC1C1CCCC1O. The summed E-state index contributed by atoms with van der Waals surface area (Å²) in [5.41, 5.74) is 0. The Hall–Kier alpha value is -0.120. The third-order valence-corrected chi connectivity index (χ3v) is 4.29. The van der Waals surface area contributed by atoms with Crippen molar-refractivity contribution >= 4 is 0 Å². The van der Waals surface area contributed by atoms with E-state index >= 15 is 0 Å². The minimum atomic E-state index is -0.0697. The second-order valence-corrected chi connectivity index (χ2v) is 5.34. The van der Waals surface area contributed by atoms with E-state index in [9.17, 15) is 5.11 Å². The standard InChI is InChI=1S/C13H25NO2/c15-10-4-9-14-8-2-1-6-12(14)11-5-3-7-13(11)16/h11-13,15-16H,1-10H2. The van der Waals surface area contributed by atoms with Gasteiger partial charge in [0.2, 0.25) is 0 Å². The highest BCUT2D eigenvalue weighted by Crippen LogP contribution is 2.35. The first-order valence-electron chi connectivity index (χ1n) is 6.86. The van der Waals surface area contributed by atoms with Crippen LogP contribution in [0.4, 0.5) is 0 Å². The number of hydrogen-bond donors (Lipinski definition) is 2. The third-order valence-electron chi connectivity index (χ3n) is 4.29. The van der Waals surface area contributed by atoms with Crippen LogP contribution in [0.5, 0.6) is 0 Å². The predicted octanol–water partition coefficient (Wildman–Crippen LogP) is 1.38. The first-order chi connectivity index (χ1) is 7.83. The molecule has 0 spiro atoms. The van der Waals surface area contributed by atoms with Crippen LogP contribution in [-0.4, -0.2) is 47.0 Å². The molecule has 3 nitrogen and oxygen atoms in total. The Morgan fingerprint density at radius 3 is 2.62 bits per heavy atom. The zero-order chi connectivity index (χ0) is 11.4. The smallest absolute Gasteiger partial charge is 0.0583 e. The highest BCUT2D eigenvalue weighted by Gasteiger charge is 2.36. The van der Waals surface area contributed by atoms with Gasteiger partial charge in [-0.2, -0.15) is 0 Å². The van der Waals surface area contributed by atoms with E-state index in [4.69, 9.17) is 5.11 Å². The average Bonchev–Trinajstić information content (AvgIpc) is 2.73. The number of hydrogen-bond acceptors (Lipinski definition) is 3. The molecule has 3 heteroatoms. The van der Waals surface area contributed by atoms with Gasteiger partial charge in [0.05, 0.1) is 6.10 Å². The van der Waals surface area contributed by atoms with E-state index in [0.717, 1.165) is 25.9 Å². The van der Waals surface area contributed by atoms with Gasteiger partial charge in [-0.3, -0.25) is 4.90 Å². The average molecular weight is 227 g/mol. The van der Waals surface area contributed by atoms with Crippen LogP contribution in [0.2, 0.25) is 0 Å². The molecular formula is C13H25NO2. The molecule has 2 fully saturated rings. The number of aliphatic hydroxyl groups excluding tert-OH is 2. The van der Waals surface area contributed by atoms with Crippen molar-refractivity contribution in [1.29, 1.82) is 0 Å². The minimum Gasteiger partial charge on any atom is -0.396 e. The summed E-state index contributed by atoms with van der Waals surface area (Å²) in [5, 5.41) is 18.9. The van der Waals surface area contributed by atoms with E-state index in [1.54, 1.807) is 0 Å². The molecule has 94 valence electrons. The van der Waals surface area contributed by atoms with Gasteiger partial charge in [-0.1, -0.05) is 12.8 Å². The van der Waals surface area contributed by atoms with Gasteiger partial charge in [-0.05, 0) is 38.6 Å². The lowest BCUT2D eigenvalue weighted by molar-refractivity contribution is 0.0327. The van der Waals surface area contributed by atoms with Crippen molar-refractivity contribution < 1.29 is 10.2 Å². The predicted molar refractivity (Wildman–Crippen MR) is 64.3 cm³/mol. The molecule has 0 amide bonds. The van der Waals surface area contributed by atoms with Crippen molar-refractivity contribution in [2.24, 2.45) is 5.92 Å². The lowest BCUT2D eigenvalue weighted by Crippen LogP contribution is -2.46. The summed E-state index contributed by atoms with van der Waals surface area (Å²) in [7, 11) is 0. The Morgan fingerprint density at radius 2 is 1.94 bits per heavy atom. The van der Waals surface area contributed by atoms with Crippen molar-refractivity contribution in [1.82, 2.24) is 4.90 Å². The Labute approximate surface area is 98.5 Å². The van der Waals surface area contributed by atoms with Gasteiger partial charge in [0.25, 0.3) is 0 Å². The number of nitrogens with zero attached hydrogens (tertiary/aromatic N) is 1. The highest BCUT2D eigenvalue weighted by molar-refractivity contribution is 4.90. The van der Waals surface area contributed by atoms with Crippen LogP contribution in [0.15, 0.2) is 0 Å². The number of piperidine rings is 1. The van der Waals surface area contributed by atoms with Gasteiger partial charge in [0.1, 0.15) is 0 Å². The molecule has 2 aliphatic rings. The van der Waals surface area contributed by atoms with Crippen molar-refractivity contribution in [2.45, 2.75) is 57.1 Å². The normalized spacial score (nSPS) is 36.8. The van der Waals surface area contributed by atoms with Crippen molar-refractivity contribution in [3.63, 3.8) is 0 Å². The fourth-order valence-corrected chi connectivity index (χ4v) is 3.47. The zero-order valence-corrected chi connectivity index (χ0v) is 10.1. The molecule has 1 aliphatic heterocycles. The number of likely N-dealkylation sites (tertiary alicyclic amines) is 1. The summed E-state index contributed by atoms with van der Waals surface area (Å²) < 4.78 is 0. The minimum absolute atomic E-state index is 0.0697. The van der Waals surface area contributed by atoms with Crippen LogP contribution < -0.4 is 0 Å². The van der Waals surface area contributed by atoms with Crippen molar-refractivity contribution in [3.8, 4) is 0 Å². The van der Waals surface area contributed by atoms with Crippen molar-refractivity contribution in [3.05, 3.63) is 0 Å². The van der Waals surface area contributed by atoms with Crippen LogP contribution in [0.3, 0.4) is 0 Å². The van der Waals surface area contributed by atoms with Gasteiger partial charge < -0.3 is 10.2 Å². The van der Waals surface area contributed by atoms with Crippen LogP contribution in [-0.2, 0) is 0 Å². The van der Waals surface area contributed by atoms with Gasteiger partial charge in [0.15, 0.2) is 0 Å². The molecule has 0 aromatic carbocycles. The second kappa shape index (κ2) is 5.99. The monoisotopic (exact) mass is 227 g/mol. The van der Waals surface area contributed by atoms with E-state index in [1.807, 2.05) is 0 Å². The Balaban J connectivity index is 1.92. The highest BCUT2D eigenvalue weighted by atomic mass is 16.3. The summed E-state index contributed by atoms with van der Waals surface area (Å²) >= 11 is 0. The fourth-order valence-electron chi connectivity index (χ4n) is 3.47. The van der Waals surface area contributed by atoms with Crippen LogP contribution >= 0.6 is 0 Å². The quantitative estimate of drug-likeness (QED) is 0.762. The van der Waals surface area contributed by atoms with Gasteiger partial charge in [-0.25, -0.2) is 0 Å². The number of aliphatic hydroxyl groups is 2. The van der Waals surface area contributed by atoms with Gasteiger partial charge in [-0.15, -0.1) is 0 Å². The lowest BCUT2D eigenvalue weighted by atomic mass is 9.87. The number of rotatable bonds is 4. The van der Waals surface area contributed by atoms with Crippen molar-refractivity contribution in [2.75, 3.05) is 19.7 Å². The molecule has 3 unspecified atom stereocenters. The van der Waals surface area contributed by atoms with E-state index in [0.29, 0.717) is 12.0 Å². The van der Waals surface area contributed by atoms with Crippen LogP contribution in [0.1, 0.15) is 44.9 Å². The molecule has 0 bridgehead atoms. The molecule has 3 atom stereocenters. The second-order valence-electron chi connectivity index (χ2n) is 5.34. The van der Waals surface area contributed by atoms with Crippen LogP contribution in [0, 0.1) is 5.92 Å². The topological polar surface area (TPSA) is 43.7 Å².